The fourth-order valence-electron chi connectivity index (χ4n) is 3.25. The number of rotatable bonds is 2. The van der Waals surface area contributed by atoms with Crippen molar-refractivity contribution < 1.29 is 5.11 Å². The van der Waals surface area contributed by atoms with Gasteiger partial charge in [-0.25, -0.2) is 0 Å². The average Bonchev–Trinajstić information content (AvgIpc) is 2.45. The van der Waals surface area contributed by atoms with Crippen LogP contribution >= 0.6 is 0 Å². The van der Waals surface area contributed by atoms with Crippen molar-refractivity contribution in [2.75, 3.05) is 5.32 Å². The largest absolute Gasteiger partial charge is 0.392 e. The SMILES string of the molecule is CC1=CC(C)(C)Nc2ccc(-c3ccccc3)c(CO)c21. The van der Waals surface area contributed by atoms with Crippen molar-refractivity contribution in [2.45, 2.75) is 32.9 Å². The summed E-state index contributed by atoms with van der Waals surface area (Å²) >= 11 is 0. The van der Waals surface area contributed by atoms with E-state index in [4.69, 9.17) is 0 Å². The normalized spacial score (nSPS) is 15.9. The van der Waals surface area contributed by atoms with Gasteiger partial charge in [-0.15, -0.1) is 0 Å². The van der Waals surface area contributed by atoms with E-state index in [2.05, 4.69) is 56.4 Å². The monoisotopic (exact) mass is 279 g/mol. The molecule has 1 aliphatic rings. The molecule has 0 fully saturated rings. The van der Waals surface area contributed by atoms with E-state index in [0.29, 0.717) is 0 Å². The zero-order chi connectivity index (χ0) is 15.0. The fourth-order valence-corrected chi connectivity index (χ4v) is 3.25. The molecule has 2 heteroatoms. The van der Waals surface area contributed by atoms with Gasteiger partial charge in [-0.2, -0.15) is 0 Å². The van der Waals surface area contributed by atoms with Crippen molar-refractivity contribution in [2.24, 2.45) is 0 Å². The summed E-state index contributed by atoms with van der Waals surface area (Å²) in [6.45, 7) is 6.47. The first-order chi connectivity index (χ1) is 10.0. The summed E-state index contributed by atoms with van der Waals surface area (Å²) < 4.78 is 0. The highest BCUT2D eigenvalue weighted by Crippen LogP contribution is 2.40. The van der Waals surface area contributed by atoms with Crippen LogP contribution in [0.4, 0.5) is 5.69 Å². The zero-order valence-electron chi connectivity index (χ0n) is 12.8. The van der Waals surface area contributed by atoms with Crippen LogP contribution in [-0.2, 0) is 6.61 Å². The van der Waals surface area contributed by atoms with E-state index in [1.165, 1.54) is 5.57 Å². The van der Waals surface area contributed by atoms with Crippen molar-refractivity contribution in [1.82, 2.24) is 0 Å². The quantitative estimate of drug-likeness (QED) is 0.851. The van der Waals surface area contributed by atoms with Crippen LogP contribution in [0, 0.1) is 0 Å². The van der Waals surface area contributed by atoms with Crippen LogP contribution in [0.25, 0.3) is 16.7 Å². The molecular weight excluding hydrogens is 258 g/mol. The first-order valence-corrected chi connectivity index (χ1v) is 7.32. The Morgan fingerprint density at radius 3 is 2.43 bits per heavy atom. The van der Waals surface area contributed by atoms with Crippen LogP contribution in [-0.4, -0.2) is 10.6 Å². The lowest BCUT2D eigenvalue weighted by Crippen LogP contribution is -2.31. The average molecular weight is 279 g/mol. The maximum Gasteiger partial charge on any atom is 0.0694 e. The molecule has 1 heterocycles. The molecule has 0 saturated carbocycles. The van der Waals surface area contributed by atoms with Gasteiger partial charge in [0.1, 0.15) is 0 Å². The lowest BCUT2D eigenvalue weighted by atomic mass is 9.85. The maximum atomic E-state index is 9.93. The number of anilines is 1. The Bertz CT molecular complexity index is 699. The highest BCUT2D eigenvalue weighted by atomic mass is 16.3. The summed E-state index contributed by atoms with van der Waals surface area (Å²) in [7, 11) is 0. The molecule has 0 aromatic heterocycles. The van der Waals surface area contributed by atoms with E-state index in [1.807, 2.05) is 18.2 Å². The third kappa shape index (κ3) is 2.47. The van der Waals surface area contributed by atoms with Crippen molar-refractivity contribution in [1.29, 1.82) is 0 Å². The van der Waals surface area contributed by atoms with Crippen LogP contribution in [0.1, 0.15) is 31.9 Å². The topological polar surface area (TPSA) is 32.3 Å². The Morgan fingerprint density at radius 1 is 1.05 bits per heavy atom. The molecule has 3 rings (SSSR count). The molecule has 2 aromatic rings. The minimum absolute atomic E-state index is 0.0424. The van der Waals surface area contributed by atoms with Gasteiger partial charge in [-0.3, -0.25) is 0 Å². The van der Waals surface area contributed by atoms with Gasteiger partial charge in [0.2, 0.25) is 0 Å². The molecule has 2 aromatic carbocycles. The second kappa shape index (κ2) is 5.05. The molecular formula is C19H21NO. The first kappa shape index (κ1) is 13.9. The number of hydrogen-bond acceptors (Lipinski definition) is 2. The molecule has 0 radical (unpaired) electrons. The predicted molar refractivity (Wildman–Crippen MR) is 89.2 cm³/mol. The molecule has 0 spiro atoms. The Balaban J connectivity index is 2.22. The van der Waals surface area contributed by atoms with Crippen molar-refractivity contribution in [3.63, 3.8) is 0 Å². The van der Waals surface area contributed by atoms with E-state index in [0.717, 1.165) is 27.9 Å². The van der Waals surface area contributed by atoms with E-state index in [-0.39, 0.29) is 12.1 Å². The molecule has 108 valence electrons. The van der Waals surface area contributed by atoms with Crippen LogP contribution in [0.2, 0.25) is 0 Å². The highest BCUT2D eigenvalue weighted by molar-refractivity contribution is 5.87. The summed E-state index contributed by atoms with van der Waals surface area (Å²) in [6.07, 6.45) is 2.23. The summed E-state index contributed by atoms with van der Waals surface area (Å²) in [4.78, 5) is 0. The number of hydrogen-bond donors (Lipinski definition) is 2. The number of fused-ring (bicyclic) bond motifs is 1. The standard InChI is InChI=1S/C19H21NO/c1-13-11-19(2,3)20-17-10-9-15(16(12-21)18(13)17)14-7-5-4-6-8-14/h4-11,20-21H,12H2,1-3H3. The van der Waals surface area contributed by atoms with E-state index >= 15 is 0 Å². The van der Waals surface area contributed by atoms with Crippen LogP contribution in [0.5, 0.6) is 0 Å². The lowest BCUT2D eigenvalue weighted by Gasteiger charge is -2.33. The molecule has 0 unspecified atom stereocenters. The van der Waals surface area contributed by atoms with E-state index in [1.54, 1.807) is 0 Å². The van der Waals surface area contributed by atoms with E-state index in [9.17, 15) is 5.11 Å². The summed E-state index contributed by atoms with van der Waals surface area (Å²) in [5.74, 6) is 0. The molecule has 0 amide bonds. The number of allylic oxidation sites excluding steroid dienone is 1. The highest BCUT2D eigenvalue weighted by Gasteiger charge is 2.25. The molecule has 21 heavy (non-hydrogen) atoms. The zero-order valence-corrected chi connectivity index (χ0v) is 12.8. The number of benzene rings is 2. The third-order valence-corrected chi connectivity index (χ3v) is 3.98. The molecule has 0 bridgehead atoms. The second-order valence-electron chi connectivity index (χ2n) is 6.21. The Hall–Kier alpha value is -2.06. The van der Waals surface area contributed by atoms with Crippen LogP contribution in [0.3, 0.4) is 0 Å². The maximum absolute atomic E-state index is 9.93. The first-order valence-electron chi connectivity index (χ1n) is 7.32. The summed E-state index contributed by atoms with van der Waals surface area (Å²) in [6, 6.07) is 14.5. The third-order valence-electron chi connectivity index (χ3n) is 3.98. The number of nitrogens with one attached hydrogen (secondary N) is 1. The second-order valence-corrected chi connectivity index (χ2v) is 6.21. The minimum atomic E-state index is -0.0575. The molecule has 1 aliphatic heterocycles. The van der Waals surface area contributed by atoms with Gasteiger partial charge in [-0.1, -0.05) is 42.5 Å². The van der Waals surface area contributed by atoms with Crippen molar-refractivity contribution >= 4 is 11.3 Å². The fraction of sp³-hybridized carbons (Fsp3) is 0.263. The van der Waals surface area contributed by atoms with Gasteiger partial charge in [0.25, 0.3) is 0 Å². The smallest absolute Gasteiger partial charge is 0.0694 e. The van der Waals surface area contributed by atoms with Gasteiger partial charge in [0.15, 0.2) is 0 Å². The van der Waals surface area contributed by atoms with Crippen molar-refractivity contribution in [3.8, 4) is 11.1 Å². The van der Waals surface area contributed by atoms with Crippen LogP contribution < -0.4 is 5.32 Å². The molecule has 0 atom stereocenters. The Morgan fingerprint density at radius 2 is 1.76 bits per heavy atom. The molecule has 2 N–H and O–H groups in total. The van der Waals surface area contributed by atoms with Crippen LogP contribution in [0.15, 0.2) is 48.5 Å². The predicted octanol–water partition coefficient (Wildman–Crippen LogP) is 4.45. The summed E-state index contributed by atoms with van der Waals surface area (Å²) in [5, 5.41) is 13.5. The Labute approximate surface area is 126 Å². The summed E-state index contributed by atoms with van der Waals surface area (Å²) in [5.41, 5.74) is 6.64. The van der Waals surface area contributed by atoms with E-state index < -0.39 is 0 Å². The Kier molecular flexibility index (Phi) is 3.34. The number of aliphatic hydroxyl groups is 1. The lowest BCUT2D eigenvalue weighted by molar-refractivity contribution is 0.282. The van der Waals surface area contributed by atoms with Gasteiger partial charge in [0, 0.05) is 11.3 Å². The van der Waals surface area contributed by atoms with Gasteiger partial charge in [0.05, 0.1) is 12.1 Å². The minimum Gasteiger partial charge on any atom is -0.392 e. The van der Waals surface area contributed by atoms with Crippen molar-refractivity contribution in [3.05, 3.63) is 59.7 Å². The molecule has 0 aliphatic carbocycles. The number of aliphatic hydroxyl groups excluding tert-OH is 1. The van der Waals surface area contributed by atoms with Gasteiger partial charge in [-0.05, 0) is 49.1 Å². The molecule has 0 saturated heterocycles. The molecule has 2 nitrogen and oxygen atoms in total. The van der Waals surface area contributed by atoms with Gasteiger partial charge >= 0.3 is 0 Å². The van der Waals surface area contributed by atoms with Gasteiger partial charge < -0.3 is 10.4 Å².